The van der Waals surface area contributed by atoms with Gasteiger partial charge in [-0.25, -0.2) is 13.8 Å². The number of aromatic nitrogens is 3. The van der Waals surface area contributed by atoms with Gasteiger partial charge in [-0.1, -0.05) is 23.7 Å². The molecule has 2 aliphatic rings. The Bertz CT molecular complexity index is 1140. The summed E-state index contributed by atoms with van der Waals surface area (Å²) in [7, 11) is 0. The molecular weight excluding hydrogens is 460 g/mol. The van der Waals surface area contributed by atoms with Crippen LogP contribution in [0.15, 0.2) is 55.1 Å². The van der Waals surface area contributed by atoms with E-state index in [4.69, 9.17) is 11.6 Å². The number of benzene rings is 1. The van der Waals surface area contributed by atoms with E-state index in [-0.39, 0.29) is 24.4 Å². The second kappa shape index (κ2) is 9.43. The van der Waals surface area contributed by atoms with E-state index in [2.05, 4.69) is 9.97 Å². The van der Waals surface area contributed by atoms with E-state index in [1.54, 1.807) is 18.7 Å². The largest absolute Gasteiger partial charge is 0.341 e. The predicted octanol–water partition coefficient (Wildman–Crippen LogP) is 4.46. The minimum Gasteiger partial charge on any atom is -0.341 e. The predicted molar refractivity (Wildman–Crippen MR) is 127 cm³/mol. The van der Waals surface area contributed by atoms with Crippen LogP contribution >= 0.6 is 11.6 Å². The lowest BCUT2D eigenvalue weighted by Crippen LogP contribution is -2.61. The number of pyridine rings is 1. The first kappa shape index (κ1) is 22.9. The molecule has 0 aliphatic carbocycles. The Morgan fingerprint density at radius 2 is 1.71 bits per heavy atom. The van der Waals surface area contributed by atoms with Crippen LogP contribution in [-0.4, -0.2) is 69.4 Å². The Kier molecular flexibility index (Phi) is 6.36. The highest BCUT2D eigenvalue weighted by Crippen LogP contribution is 2.40. The van der Waals surface area contributed by atoms with Crippen molar-refractivity contribution in [3.05, 3.63) is 60.1 Å². The van der Waals surface area contributed by atoms with Gasteiger partial charge in [0.2, 0.25) is 5.91 Å². The summed E-state index contributed by atoms with van der Waals surface area (Å²) in [4.78, 5) is 25.7. The van der Waals surface area contributed by atoms with Gasteiger partial charge in [-0.2, -0.15) is 0 Å². The summed E-state index contributed by atoms with van der Waals surface area (Å²) in [6.07, 6.45) is 4.57. The fourth-order valence-electron chi connectivity index (χ4n) is 5.15. The van der Waals surface area contributed by atoms with Gasteiger partial charge in [0.25, 0.3) is 6.43 Å². The molecule has 0 saturated carbocycles. The highest BCUT2D eigenvalue weighted by molar-refractivity contribution is 6.30. The van der Waals surface area contributed by atoms with Crippen molar-refractivity contribution in [1.82, 2.24) is 24.3 Å². The lowest BCUT2D eigenvalue weighted by Gasteiger charge is -2.54. The molecule has 1 aromatic carbocycles. The van der Waals surface area contributed by atoms with Crippen LogP contribution in [0.1, 0.15) is 12.8 Å². The maximum absolute atomic E-state index is 13.2. The van der Waals surface area contributed by atoms with Crippen LogP contribution in [0.4, 0.5) is 8.78 Å². The lowest BCUT2D eigenvalue weighted by atomic mass is 9.72. The quantitative estimate of drug-likeness (QED) is 0.517. The molecule has 2 aliphatic heterocycles. The molecule has 2 saturated heterocycles. The van der Waals surface area contributed by atoms with Crippen molar-refractivity contribution in [1.29, 1.82) is 0 Å². The summed E-state index contributed by atoms with van der Waals surface area (Å²) >= 11 is 6.06. The molecule has 2 fully saturated rings. The zero-order chi connectivity index (χ0) is 23.7. The number of hydrogen-bond donors (Lipinski definition) is 0. The van der Waals surface area contributed by atoms with Crippen LogP contribution in [0, 0.1) is 5.41 Å². The van der Waals surface area contributed by atoms with E-state index < -0.39 is 6.43 Å². The maximum Gasteiger partial charge on any atom is 0.251 e. The van der Waals surface area contributed by atoms with Gasteiger partial charge in [-0.3, -0.25) is 14.7 Å². The molecule has 3 aromatic rings. The first-order valence-electron chi connectivity index (χ1n) is 11.4. The Balaban J connectivity index is 1.30. The first-order chi connectivity index (χ1) is 16.4. The van der Waals surface area contributed by atoms with Crippen LogP contribution in [0.25, 0.3) is 22.5 Å². The average molecular weight is 486 g/mol. The number of rotatable bonds is 6. The zero-order valence-electron chi connectivity index (χ0n) is 18.7. The summed E-state index contributed by atoms with van der Waals surface area (Å²) in [6.45, 7) is 2.76. The zero-order valence-corrected chi connectivity index (χ0v) is 19.5. The number of alkyl halides is 2. The molecule has 1 amide bonds. The summed E-state index contributed by atoms with van der Waals surface area (Å²) in [6, 6.07) is 11.3. The summed E-state index contributed by atoms with van der Waals surface area (Å²) in [5.41, 5.74) is 3.57. The smallest absolute Gasteiger partial charge is 0.251 e. The van der Waals surface area contributed by atoms with Gasteiger partial charge in [0.05, 0.1) is 24.3 Å². The monoisotopic (exact) mass is 485 g/mol. The molecule has 2 aromatic heterocycles. The number of piperidine rings is 1. The number of hydrogen-bond acceptors (Lipinski definition) is 4. The number of halogens is 3. The van der Waals surface area contributed by atoms with E-state index >= 15 is 0 Å². The molecule has 4 heterocycles. The standard InChI is InChI=1S/C25H26ClF2N5O/c26-20-3-1-18(2-4-20)23-24(19-5-9-29-10-6-19)33(17-30-23)14-22(34)32-11-7-25(8-12-32)15-31(16-25)13-21(27)28/h1-6,9-10,17,21H,7-8,11-16H2. The molecule has 0 bridgehead atoms. The van der Waals surface area contributed by atoms with Gasteiger partial charge in [0, 0.05) is 54.7 Å². The summed E-state index contributed by atoms with van der Waals surface area (Å²) < 4.78 is 27.1. The van der Waals surface area contributed by atoms with E-state index in [1.165, 1.54) is 0 Å². The Morgan fingerprint density at radius 3 is 2.35 bits per heavy atom. The second-order valence-corrected chi connectivity index (χ2v) is 9.69. The van der Waals surface area contributed by atoms with Gasteiger partial charge < -0.3 is 9.47 Å². The van der Waals surface area contributed by atoms with Gasteiger partial charge in [-0.15, -0.1) is 0 Å². The molecule has 34 heavy (non-hydrogen) atoms. The van der Waals surface area contributed by atoms with Gasteiger partial charge >= 0.3 is 0 Å². The molecule has 178 valence electrons. The molecule has 0 radical (unpaired) electrons. The van der Waals surface area contributed by atoms with Crippen molar-refractivity contribution in [3.63, 3.8) is 0 Å². The topological polar surface area (TPSA) is 54.3 Å². The molecule has 5 rings (SSSR count). The average Bonchev–Trinajstić information content (AvgIpc) is 3.22. The molecule has 9 heteroatoms. The van der Waals surface area contributed by atoms with E-state index in [1.807, 2.05) is 50.8 Å². The van der Waals surface area contributed by atoms with E-state index in [0.29, 0.717) is 31.2 Å². The molecule has 0 unspecified atom stereocenters. The third kappa shape index (κ3) is 4.70. The van der Waals surface area contributed by atoms with Crippen molar-refractivity contribution in [2.24, 2.45) is 5.41 Å². The van der Waals surface area contributed by atoms with Crippen LogP contribution in [0.2, 0.25) is 5.02 Å². The van der Waals surface area contributed by atoms with Crippen LogP contribution in [0.3, 0.4) is 0 Å². The molecule has 0 N–H and O–H groups in total. The van der Waals surface area contributed by atoms with Crippen molar-refractivity contribution in [2.75, 3.05) is 32.7 Å². The number of carbonyl (C=O) groups is 1. The first-order valence-corrected chi connectivity index (χ1v) is 11.8. The molecule has 1 spiro atoms. The highest BCUT2D eigenvalue weighted by Gasteiger charge is 2.45. The van der Waals surface area contributed by atoms with Gasteiger partial charge in [0.15, 0.2) is 0 Å². The maximum atomic E-state index is 13.2. The van der Waals surface area contributed by atoms with Crippen molar-refractivity contribution >= 4 is 17.5 Å². The number of amides is 1. The third-order valence-corrected chi connectivity index (χ3v) is 7.16. The van der Waals surface area contributed by atoms with Crippen LogP contribution in [-0.2, 0) is 11.3 Å². The van der Waals surface area contributed by atoms with Crippen LogP contribution in [0.5, 0.6) is 0 Å². The van der Waals surface area contributed by atoms with E-state index in [9.17, 15) is 13.6 Å². The molecule has 0 atom stereocenters. The van der Waals surface area contributed by atoms with Gasteiger partial charge in [-0.05, 0) is 42.5 Å². The minimum absolute atomic E-state index is 0.0361. The number of imidazole rings is 1. The normalized spacial score (nSPS) is 17.8. The minimum atomic E-state index is -2.29. The van der Waals surface area contributed by atoms with Gasteiger partial charge in [0.1, 0.15) is 6.54 Å². The van der Waals surface area contributed by atoms with Crippen molar-refractivity contribution in [3.8, 4) is 22.5 Å². The number of likely N-dealkylation sites (tertiary alicyclic amines) is 2. The fraction of sp³-hybridized carbons (Fsp3) is 0.400. The number of nitrogens with zero attached hydrogens (tertiary/aromatic N) is 5. The Morgan fingerprint density at radius 1 is 1.03 bits per heavy atom. The molecule has 6 nitrogen and oxygen atoms in total. The van der Waals surface area contributed by atoms with Crippen molar-refractivity contribution in [2.45, 2.75) is 25.8 Å². The lowest BCUT2D eigenvalue weighted by molar-refractivity contribution is -0.137. The number of carbonyl (C=O) groups excluding carboxylic acids is 1. The highest BCUT2D eigenvalue weighted by atomic mass is 35.5. The fourth-order valence-corrected chi connectivity index (χ4v) is 5.28. The van der Waals surface area contributed by atoms with E-state index in [0.717, 1.165) is 35.4 Å². The third-order valence-electron chi connectivity index (χ3n) is 6.91. The molecular formula is C25H26ClF2N5O. The Hall–Kier alpha value is -2.84. The summed E-state index contributed by atoms with van der Waals surface area (Å²) in [5, 5.41) is 0.649. The SMILES string of the molecule is O=C(Cn1cnc(-c2ccc(Cl)cc2)c1-c1ccncc1)N1CCC2(CC1)CN(CC(F)F)C2. The van der Waals surface area contributed by atoms with Crippen LogP contribution < -0.4 is 0 Å². The summed E-state index contributed by atoms with van der Waals surface area (Å²) in [5.74, 6) is 0.0361. The second-order valence-electron chi connectivity index (χ2n) is 9.25. The Labute approximate surface area is 202 Å². The van der Waals surface area contributed by atoms with Crippen molar-refractivity contribution < 1.29 is 13.6 Å².